The number of nitrogens with two attached hydrogens (primary N) is 1. The predicted octanol–water partition coefficient (Wildman–Crippen LogP) is 3.75. The van der Waals surface area contributed by atoms with Gasteiger partial charge in [0, 0.05) is 19.6 Å². The first-order valence-corrected chi connectivity index (χ1v) is 8.54. The molecule has 0 aromatic heterocycles. The van der Waals surface area contributed by atoms with Crippen LogP contribution in [0.15, 0.2) is 17.1 Å². The molecular weight excluding hydrogens is 246 g/mol. The summed E-state index contributed by atoms with van der Waals surface area (Å²) in [5.41, 5.74) is 5.60. The predicted molar refractivity (Wildman–Crippen MR) is 89.3 cm³/mol. The molecule has 0 atom stereocenters. The Morgan fingerprint density at radius 2 is 1.80 bits per heavy atom. The van der Waals surface area contributed by atoms with E-state index >= 15 is 0 Å². The van der Waals surface area contributed by atoms with Crippen LogP contribution in [-0.4, -0.2) is 36.9 Å². The third-order valence-electron chi connectivity index (χ3n) is 3.86. The summed E-state index contributed by atoms with van der Waals surface area (Å²) in [6.07, 6.45) is 16.8. The molecule has 0 aromatic carbocycles. The first-order chi connectivity index (χ1) is 9.88. The molecule has 116 valence electrons. The smallest absolute Gasteiger partial charge is 0.123 e. The van der Waals surface area contributed by atoms with Crippen LogP contribution in [0.5, 0.6) is 0 Å². The molecule has 0 saturated carbocycles. The van der Waals surface area contributed by atoms with Crippen LogP contribution in [0, 0.1) is 0 Å². The second-order valence-electron chi connectivity index (χ2n) is 5.68. The van der Waals surface area contributed by atoms with E-state index in [0.29, 0.717) is 6.54 Å². The Morgan fingerprint density at radius 3 is 2.50 bits per heavy atom. The molecule has 3 heteroatoms. The van der Waals surface area contributed by atoms with Crippen molar-refractivity contribution in [2.24, 2.45) is 10.7 Å². The molecule has 1 aliphatic rings. The van der Waals surface area contributed by atoms with Gasteiger partial charge in [0.15, 0.2) is 0 Å². The minimum atomic E-state index is 0.713. The highest BCUT2D eigenvalue weighted by Gasteiger charge is 2.12. The van der Waals surface area contributed by atoms with E-state index in [1.165, 1.54) is 57.8 Å². The number of amidine groups is 1. The molecule has 0 aromatic rings. The van der Waals surface area contributed by atoms with Gasteiger partial charge in [0.1, 0.15) is 5.84 Å². The molecule has 0 spiro atoms. The molecule has 20 heavy (non-hydrogen) atoms. The summed E-state index contributed by atoms with van der Waals surface area (Å²) in [5.74, 6) is 1.13. The zero-order valence-corrected chi connectivity index (χ0v) is 13.3. The normalized spacial score (nSPS) is 15.3. The zero-order valence-electron chi connectivity index (χ0n) is 13.3. The fraction of sp³-hybridized carbons (Fsp3) is 0.824. The van der Waals surface area contributed by atoms with Crippen LogP contribution in [0.4, 0.5) is 0 Å². The highest BCUT2D eigenvalue weighted by Crippen LogP contribution is 2.10. The van der Waals surface area contributed by atoms with Crippen LogP contribution in [0.25, 0.3) is 0 Å². The van der Waals surface area contributed by atoms with Gasteiger partial charge >= 0.3 is 0 Å². The molecule has 0 amide bonds. The SMILES string of the molecule is CCCCCCCCCCC=CC1=NCCN1CCN. The Bertz CT molecular complexity index is 284. The number of aliphatic imine (C=N–C) groups is 1. The zero-order chi connectivity index (χ0) is 14.5. The van der Waals surface area contributed by atoms with Crippen LogP contribution in [0.2, 0.25) is 0 Å². The standard InChI is InChI=1S/C17H33N3/c1-2-3-4-5-6-7-8-9-10-11-12-17-19-14-16-20(17)15-13-18/h11-12H,2-10,13-16,18H2,1H3. The Labute approximate surface area is 125 Å². The molecule has 0 radical (unpaired) electrons. The van der Waals surface area contributed by atoms with Gasteiger partial charge in [0.05, 0.1) is 6.54 Å². The molecule has 0 fully saturated rings. The Hall–Kier alpha value is -0.830. The monoisotopic (exact) mass is 279 g/mol. The van der Waals surface area contributed by atoms with Crippen LogP contribution in [0.1, 0.15) is 64.7 Å². The van der Waals surface area contributed by atoms with Gasteiger partial charge < -0.3 is 10.6 Å². The van der Waals surface area contributed by atoms with Gasteiger partial charge in [-0.2, -0.15) is 0 Å². The van der Waals surface area contributed by atoms with Gasteiger partial charge in [-0.05, 0) is 18.9 Å². The van der Waals surface area contributed by atoms with E-state index < -0.39 is 0 Å². The Morgan fingerprint density at radius 1 is 1.10 bits per heavy atom. The van der Waals surface area contributed by atoms with Crippen LogP contribution >= 0.6 is 0 Å². The van der Waals surface area contributed by atoms with E-state index in [0.717, 1.165) is 25.5 Å². The topological polar surface area (TPSA) is 41.6 Å². The van der Waals surface area contributed by atoms with Gasteiger partial charge in [0.2, 0.25) is 0 Å². The lowest BCUT2D eigenvalue weighted by atomic mass is 10.1. The number of hydrogen-bond acceptors (Lipinski definition) is 3. The van der Waals surface area contributed by atoms with Crippen molar-refractivity contribution in [1.82, 2.24) is 4.90 Å². The van der Waals surface area contributed by atoms with Crippen LogP contribution in [0.3, 0.4) is 0 Å². The highest BCUT2D eigenvalue weighted by atomic mass is 15.2. The van der Waals surface area contributed by atoms with Gasteiger partial charge in [-0.25, -0.2) is 0 Å². The molecule has 2 N–H and O–H groups in total. The third-order valence-corrected chi connectivity index (χ3v) is 3.86. The highest BCUT2D eigenvalue weighted by molar-refractivity contribution is 5.94. The number of allylic oxidation sites excluding steroid dienone is 1. The van der Waals surface area contributed by atoms with E-state index in [4.69, 9.17) is 5.73 Å². The number of unbranched alkanes of at least 4 members (excludes halogenated alkanes) is 8. The average Bonchev–Trinajstić information content (AvgIpc) is 2.89. The van der Waals surface area contributed by atoms with Crippen molar-refractivity contribution >= 4 is 5.84 Å². The summed E-state index contributed by atoms with van der Waals surface area (Å²) >= 11 is 0. The van der Waals surface area contributed by atoms with Crippen molar-refractivity contribution in [2.75, 3.05) is 26.2 Å². The van der Waals surface area contributed by atoms with E-state index in [2.05, 4.69) is 29.0 Å². The summed E-state index contributed by atoms with van der Waals surface area (Å²) in [6, 6.07) is 0. The first-order valence-electron chi connectivity index (χ1n) is 8.54. The van der Waals surface area contributed by atoms with Crippen molar-refractivity contribution in [1.29, 1.82) is 0 Å². The summed E-state index contributed by atoms with van der Waals surface area (Å²) in [7, 11) is 0. The molecule has 0 saturated heterocycles. The van der Waals surface area contributed by atoms with Crippen LogP contribution in [-0.2, 0) is 0 Å². The minimum Gasteiger partial charge on any atom is -0.354 e. The van der Waals surface area contributed by atoms with Crippen molar-refractivity contribution in [3.63, 3.8) is 0 Å². The maximum atomic E-state index is 5.60. The molecule has 1 aliphatic heterocycles. The fourth-order valence-electron chi connectivity index (χ4n) is 2.62. The fourth-order valence-corrected chi connectivity index (χ4v) is 2.62. The lowest BCUT2D eigenvalue weighted by Crippen LogP contribution is -2.31. The molecule has 0 aliphatic carbocycles. The van der Waals surface area contributed by atoms with E-state index in [-0.39, 0.29) is 0 Å². The van der Waals surface area contributed by atoms with Crippen molar-refractivity contribution in [3.05, 3.63) is 12.2 Å². The summed E-state index contributed by atoms with van der Waals surface area (Å²) in [4.78, 5) is 6.79. The first kappa shape index (κ1) is 17.2. The Kier molecular flexibility index (Phi) is 10.3. The molecule has 0 bridgehead atoms. The minimum absolute atomic E-state index is 0.713. The second-order valence-corrected chi connectivity index (χ2v) is 5.68. The second kappa shape index (κ2) is 12.0. The van der Waals surface area contributed by atoms with Crippen LogP contribution < -0.4 is 5.73 Å². The number of hydrogen-bond donors (Lipinski definition) is 1. The Balaban J connectivity index is 1.97. The maximum absolute atomic E-state index is 5.60. The molecule has 0 unspecified atom stereocenters. The average molecular weight is 279 g/mol. The van der Waals surface area contributed by atoms with E-state index in [9.17, 15) is 0 Å². The number of nitrogens with zero attached hydrogens (tertiary/aromatic N) is 2. The number of rotatable bonds is 12. The van der Waals surface area contributed by atoms with Gasteiger partial charge in [-0.3, -0.25) is 4.99 Å². The van der Waals surface area contributed by atoms with Gasteiger partial charge in [-0.15, -0.1) is 0 Å². The van der Waals surface area contributed by atoms with Crippen molar-refractivity contribution in [3.8, 4) is 0 Å². The molecule has 1 rings (SSSR count). The summed E-state index contributed by atoms with van der Waals surface area (Å²) in [5, 5.41) is 0. The van der Waals surface area contributed by atoms with E-state index in [1.54, 1.807) is 0 Å². The lowest BCUT2D eigenvalue weighted by molar-refractivity contribution is 0.469. The largest absolute Gasteiger partial charge is 0.354 e. The summed E-state index contributed by atoms with van der Waals surface area (Å²) in [6.45, 7) is 5.88. The van der Waals surface area contributed by atoms with Gasteiger partial charge in [-0.1, -0.05) is 57.9 Å². The van der Waals surface area contributed by atoms with Crippen molar-refractivity contribution < 1.29 is 0 Å². The van der Waals surface area contributed by atoms with E-state index in [1.807, 2.05) is 0 Å². The molecular formula is C17H33N3. The van der Waals surface area contributed by atoms with Crippen molar-refractivity contribution in [2.45, 2.75) is 64.7 Å². The quantitative estimate of drug-likeness (QED) is 0.553. The lowest BCUT2D eigenvalue weighted by Gasteiger charge is -2.16. The summed E-state index contributed by atoms with van der Waals surface area (Å²) < 4.78 is 0. The molecule has 1 heterocycles. The maximum Gasteiger partial charge on any atom is 0.123 e. The molecule has 3 nitrogen and oxygen atoms in total. The van der Waals surface area contributed by atoms with Gasteiger partial charge in [0.25, 0.3) is 0 Å². The third kappa shape index (κ3) is 7.68.